The average molecular weight is 345 g/mol. The average Bonchev–Trinajstić information content (AvgIpc) is 2.66. The Morgan fingerprint density at radius 3 is 3.04 bits per heavy atom. The van der Waals surface area contributed by atoms with E-state index in [9.17, 15) is 9.59 Å². The lowest BCUT2D eigenvalue weighted by Gasteiger charge is -2.41. The van der Waals surface area contributed by atoms with E-state index >= 15 is 0 Å². The van der Waals surface area contributed by atoms with E-state index in [1.807, 2.05) is 34.1 Å². The molecular weight excluding hydrogens is 318 g/mol. The third-order valence-corrected chi connectivity index (χ3v) is 5.08. The number of ether oxygens (including phenoxy) is 1. The Kier molecular flexibility index (Phi) is 5.91. The van der Waals surface area contributed by atoms with Crippen LogP contribution in [0, 0.1) is 0 Å². The van der Waals surface area contributed by atoms with Crippen molar-refractivity contribution in [1.29, 1.82) is 0 Å². The minimum Gasteiger partial charge on any atom is -0.497 e. The van der Waals surface area contributed by atoms with E-state index in [2.05, 4.69) is 5.32 Å². The van der Waals surface area contributed by atoms with Crippen LogP contribution in [0.4, 0.5) is 0 Å². The number of aryl methyl sites for hydroxylation is 1. The number of methoxy groups -OCH3 is 1. The summed E-state index contributed by atoms with van der Waals surface area (Å²) in [4.78, 5) is 28.6. The molecule has 1 aromatic rings. The van der Waals surface area contributed by atoms with Crippen LogP contribution in [0.5, 0.6) is 5.75 Å². The van der Waals surface area contributed by atoms with Gasteiger partial charge in [0, 0.05) is 38.6 Å². The Morgan fingerprint density at radius 1 is 1.36 bits per heavy atom. The van der Waals surface area contributed by atoms with E-state index in [0.29, 0.717) is 25.9 Å². The van der Waals surface area contributed by atoms with Gasteiger partial charge in [-0.05, 0) is 37.0 Å². The normalized spacial score (nSPS) is 21.3. The molecule has 2 aliphatic heterocycles. The molecule has 2 aliphatic rings. The van der Waals surface area contributed by atoms with Crippen molar-refractivity contribution in [3.63, 3.8) is 0 Å². The molecule has 0 bridgehead atoms. The van der Waals surface area contributed by atoms with E-state index in [-0.39, 0.29) is 17.9 Å². The van der Waals surface area contributed by atoms with Gasteiger partial charge in [-0.1, -0.05) is 12.1 Å². The van der Waals surface area contributed by atoms with E-state index in [4.69, 9.17) is 4.74 Å². The number of nitrogens with one attached hydrogen (secondary N) is 1. The first-order valence-corrected chi connectivity index (χ1v) is 9.08. The number of amides is 2. The standard InChI is InChI=1S/C19H27N3O3/c1-25-17-6-2-4-15(12-17)7-8-18(23)21-10-3-5-16(14-21)22-11-9-20-13-19(22)24/h2,4,6,12,16,20H,3,5,7-11,13-14H2,1H3. The van der Waals surface area contributed by atoms with Crippen LogP contribution in [0.25, 0.3) is 0 Å². The predicted molar refractivity (Wildman–Crippen MR) is 95.5 cm³/mol. The summed E-state index contributed by atoms with van der Waals surface area (Å²) < 4.78 is 5.23. The molecule has 0 saturated carbocycles. The molecule has 1 aromatic carbocycles. The van der Waals surface area contributed by atoms with Crippen molar-refractivity contribution in [3.8, 4) is 5.75 Å². The van der Waals surface area contributed by atoms with E-state index in [1.165, 1.54) is 0 Å². The van der Waals surface area contributed by atoms with Gasteiger partial charge < -0.3 is 19.9 Å². The summed E-state index contributed by atoms with van der Waals surface area (Å²) in [5.74, 6) is 1.15. The molecule has 6 heteroatoms. The first-order chi connectivity index (χ1) is 12.2. The summed E-state index contributed by atoms with van der Waals surface area (Å²) in [6.45, 7) is 3.47. The van der Waals surface area contributed by atoms with Gasteiger partial charge in [0.1, 0.15) is 5.75 Å². The summed E-state index contributed by atoms with van der Waals surface area (Å²) in [6, 6.07) is 8.03. The quantitative estimate of drug-likeness (QED) is 0.867. The minimum atomic E-state index is 0.155. The fourth-order valence-corrected chi connectivity index (χ4v) is 3.68. The second-order valence-corrected chi connectivity index (χ2v) is 6.75. The van der Waals surface area contributed by atoms with Crippen molar-refractivity contribution < 1.29 is 14.3 Å². The topological polar surface area (TPSA) is 61.9 Å². The molecule has 6 nitrogen and oxygen atoms in total. The van der Waals surface area contributed by atoms with Crippen LogP contribution in [0.15, 0.2) is 24.3 Å². The first kappa shape index (κ1) is 17.7. The van der Waals surface area contributed by atoms with Crippen molar-refractivity contribution >= 4 is 11.8 Å². The highest BCUT2D eigenvalue weighted by atomic mass is 16.5. The van der Waals surface area contributed by atoms with Crippen LogP contribution in [0.3, 0.4) is 0 Å². The van der Waals surface area contributed by atoms with E-state index in [1.54, 1.807) is 7.11 Å². The van der Waals surface area contributed by atoms with Crippen LogP contribution in [0.2, 0.25) is 0 Å². The molecule has 2 amide bonds. The monoisotopic (exact) mass is 345 g/mol. The van der Waals surface area contributed by atoms with Crippen LogP contribution < -0.4 is 10.1 Å². The molecule has 3 rings (SSSR count). The molecule has 0 spiro atoms. The SMILES string of the molecule is COc1cccc(CCC(=O)N2CCCC(N3CCNCC3=O)C2)c1. The Bertz CT molecular complexity index is 620. The number of carbonyl (C=O) groups excluding carboxylic acids is 2. The molecule has 1 atom stereocenters. The third kappa shape index (κ3) is 4.51. The molecule has 2 fully saturated rings. The zero-order chi connectivity index (χ0) is 17.6. The Hall–Kier alpha value is -2.08. The number of piperidine rings is 1. The van der Waals surface area contributed by atoms with Crippen molar-refractivity contribution in [2.75, 3.05) is 39.8 Å². The number of rotatable bonds is 5. The van der Waals surface area contributed by atoms with Gasteiger partial charge in [0.25, 0.3) is 0 Å². The number of piperazine rings is 1. The molecule has 136 valence electrons. The largest absolute Gasteiger partial charge is 0.497 e. The van der Waals surface area contributed by atoms with Crippen LogP contribution >= 0.6 is 0 Å². The number of benzene rings is 1. The summed E-state index contributed by atoms with van der Waals surface area (Å²) in [7, 11) is 1.65. The maximum Gasteiger partial charge on any atom is 0.236 e. The lowest BCUT2D eigenvalue weighted by molar-refractivity contribution is -0.140. The highest BCUT2D eigenvalue weighted by Crippen LogP contribution is 2.19. The summed E-state index contributed by atoms with van der Waals surface area (Å²) in [5.41, 5.74) is 1.11. The highest BCUT2D eigenvalue weighted by molar-refractivity contribution is 5.80. The lowest BCUT2D eigenvalue weighted by atomic mass is 10.0. The van der Waals surface area contributed by atoms with Gasteiger partial charge in [-0.3, -0.25) is 9.59 Å². The van der Waals surface area contributed by atoms with Crippen LogP contribution in [0.1, 0.15) is 24.8 Å². The molecule has 1 unspecified atom stereocenters. The molecule has 2 saturated heterocycles. The smallest absolute Gasteiger partial charge is 0.236 e. The van der Waals surface area contributed by atoms with Gasteiger partial charge in [-0.15, -0.1) is 0 Å². The Morgan fingerprint density at radius 2 is 2.24 bits per heavy atom. The summed E-state index contributed by atoms with van der Waals surface area (Å²) in [5, 5.41) is 3.10. The maximum atomic E-state index is 12.6. The van der Waals surface area contributed by atoms with Crippen molar-refractivity contribution in [2.45, 2.75) is 31.7 Å². The second-order valence-electron chi connectivity index (χ2n) is 6.75. The number of hydrogen-bond acceptors (Lipinski definition) is 4. The van der Waals surface area contributed by atoms with Crippen molar-refractivity contribution in [1.82, 2.24) is 15.1 Å². The molecule has 0 radical (unpaired) electrons. The zero-order valence-electron chi connectivity index (χ0n) is 14.9. The number of carbonyl (C=O) groups is 2. The predicted octanol–water partition coefficient (Wildman–Crippen LogP) is 1.05. The fraction of sp³-hybridized carbons (Fsp3) is 0.579. The minimum absolute atomic E-state index is 0.155. The van der Waals surface area contributed by atoms with Gasteiger partial charge in [0.2, 0.25) is 11.8 Å². The van der Waals surface area contributed by atoms with E-state index in [0.717, 1.165) is 43.8 Å². The highest BCUT2D eigenvalue weighted by Gasteiger charge is 2.31. The Balaban J connectivity index is 1.53. The molecule has 0 aliphatic carbocycles. The summed E-state index contributed by atoms with van der Waals surface area (Å²) in [6.07, 6.45) is 3.16. The van der Waals surface area contributed by atoms with Gasteiger partial charge in [0.15, 0.2) is 0 Å². The number of nitrogens with zero attached hydrogens (tertiary/aromatic N) is 2. The molecule has 2 heterocycles. The van der Waals surface area contributed by atoms with Gasteiger partial charge in [-0.2, -0.15) is 0 Å². The molecule has 25 heavy (non-hydrogen) atoms. The molecule has 0 aromatic heterocycles. The lowest BCUT2D eigenvalue weighted by Crippen LogP contribution is -2.57. The van der Waals surface area contributed by atoms with Gasteiger partial charge in [0.05, 0.1) is 13.7 Å². The van der Waals surface area contributed by atoms with Crippen molar-refractivity contribution in [2.24, 2.45) is 0 Å². The third-order valence-electron chi connectivity index (χ3n) is 5.08. The molecular formula is C19H27N3O3. The van der Waals surface area contributed by atoms with Crippen molar-refractivity contribution in [3.05, 3.63) is 29.8 Å². The summed E-state index contributed by atoms with van der Waals surface area (Å²) >= 11 is 0. The molecule has 1 N–H and O–H groups in total. The number of hydrogen-bond donors (Lipinski definition) is 1. The Labute approximate surface area is 149 Å². The second kappa shape index (κ2) is 8.34. The zero-order valence-corrected chi connectivity index (χ0v) is 14.9. The number of likely N-dealkylation sites (tertiary alicyclic amines) is 1. The maximum absolute atomic E-state index is 12.6. The first-order valence-electron chi connectivity index (χ1n) is 9.08. The van der Waals surface area contributed by atoms with Crippen LogP contribution in [-0.2, 0) is 16.0 Å². The van der Waals surface area contributed by atoms with Gasteiger partial charge >= 0.3 is 0 Å². The van der Waals surface area contributed by atoms with Crippen LogP contribution in [-0.4, -0.2) is 67.5 Å². The fourth-order valence-electron chi connectivity index (χ4n) is 3.68. The van der Waals surface area contributed by atoms with E-state index < -0.39 is 0 Å². The van der Waals surface area contributed by atoms with Gasteiger partial charge in [-0.25, -0.2) is 0 Å².